The SMILES string of the molecule is CCOC(=O)C(C)N1CCN(c2ccc(-c3nc4nc(-c5cc(F)cc(C(F)(F)F)c5)cc(N(C)CC5(COC)CCC5)c4n3COCC[Si](C)(C)C)cc2)CC1. The van der Waals surface area contributed by atoms with Crippen LogP contribution in [0.15, 0.2) is 48.5 Å². The molecule has 0 bridgehead atoms. The van der Waals surface area contributed by atoms with Gasteiger partial charge in [0.2, 0.25) is 0 Å². The van der Waals surface area contributed by atoms with Crippen LogP contribution in [0.1, 0.15) is 38.7 Å². The second-order valence-electron chi connectivity index (χ2n) is 16.8. The summed E-state index contributed by atoms with van der Waals surface area (Å²) in [5, 5.41) is 0. The van der Waals surface area contributed by atoms with E-state index in [2.05, 4.69) is 46.5 Å². The van der Waals surface area contributed by atoms with Gasteiger partial charge in [-0.2, -0.15) is 13.2 Å². The molecule has 0 spiro atoms. The van der Waals surface area contributed by atoms with Crippen molar-refractivity contribution in [1.82, 2.24) is 19.4 Å². The summed E-state index contributed by atoms with van der Waals surface area (Å²) in [6.45, 7) is 15.8. The summed E-state index contributed by atoms with van der Waals surface area (Å²) in [6, 6.07) is 13.0. The van der Waals surface area contributed by atoms with Crippen LogP contribution in [0.5, 0.6) is 0 Å². The standard InChI is InChI=1S/C42H56F4N6O4Si/c1-8-56-40(53)29(2)50-16-18-51(19-17-50)34-12-10-30(11-13-34)39-48-38-37(52(39)28-55-20-21-57(5,6)7)36(49(3)26-41(27-54-4)14-9-15-41)25-35(47-38)31-22-32(42(44,45)46)24-33(43)23-31/h10-13,22-25,29H,8-9,14-21,26-28H2,1-7H3. The molecule has 15 heteroatoms. The first kappa shape index (κ1) is 42.5. The lowest BCUT2D eigenvalue weighted by atomic mass is 9.69. The highest BCUT2D eigenvalue weighted by molar-refractivity contribution is 6.76. The summed E-state index contributed by atoms with van der Waals surface area (Å²) in [6.07, 6.45) is -1.67. The largest absolute Gasteiger partial charge is 0.465 e. The Kier molecular flexibility index (Phi) is 13.0. The van der Waals surface area contributed by atoms with Crippen LogP contribution in [0.2, 0.25) is 25.7 Å². The molecule has 1 unspecified atom stereocenters. The number of benzene rings is 2. The van der Waals surface area contributed by atoms with Crippen LogP contribution in [-0.2, 0) is 31.9 Å². The van der Waals surface area contributed by atoms with Gasteiger partial charge in [0.15, 0.2) is 5.65 Å². The average Bonchev–Trinajstić information content (AvgIpc) is 3.52. The molecular weight excluding hydrogens is 757 g/mol. The molecular formula is C42H56F4N6O4Si. The van der Waals surface area contributed by atoms with Crippen LogP contribution < -0.4 is 9.80 Å². The first-order valence-corrected chi connectivity index (χ1v) is 23.5. The van der Waals surface area contributed by atoms with E-state index in [1.54, 1.807) is 13.2 Å². The molecule has 0 radical (unpaired) electrons. The topological polar surface area (TPSA) is 85.2 Å². The fraction of sp³-hybridized carbons (Fsp3) is 0.548. The summed E-state index contributed by atoms with van der Waals surface area (Å²) in [5.74, 6) is -0.609. The lowest BCUT2D eigenvalue weighted by molar-refractivity contribution is -0.149. The number of imidazole rings is 1. The van der Waals surface area contributed by atoms with Gasteiger partial charge in [-0.05, 0) is 81.3 Å². The number of rotatable bonds is 16. The van der Waals surface area contributed by atoms with Gasteiger partial charge >= 0.3 is 12.1 Å². The molecule has 310 valence electrons. The third kappa shape index (κ3) is 9.98. The van der Waals surface area contributed by atoms with Crippen molar-refractivity contribution >= 4 is 36.6 Å². The van der Waals surface area contributed by atoms with Crippen LogP contribution in [0.25, 0.3) is 33.8 Å². The summed E-state index contributed by atoms with van der Waals surface area (Å²) in [4.78, 5) is 28.7. The summed E-state index contributed by atoms with van der Waals surface area (Å²) < 4.78 is 75.7. The molecule has 1 aliphatic heterocycles. The second-order valence-corrected chi connectivity index (χ2v) is 22.4. The Labute approximate surface area is 334 Å². The third-order valence-electron chi connectivity index (χ3n) is 11.3. The highest BCUT2D eigenvalue weighted by Crippen LogP contribution is 2.44. The summed E-state index contributed by atoms with van der Waals surface area (Å²) in [7, 11) is 2.25. The van der Waals surface area contributed by atoms with E-state index in [4.69, 9.17) is 24.2 Å². The third-order valence-corrected chi connectivity index (χ3v) is 13.0. The Morgan fingerprint density at radius 1 is 1.00 bits per heavy atom. The number of nitrogens with zero attached hydrogens (tertiary/aromatic N) is 6. The number of ether oxygens (including phenoxy) is 3. The van der Waals surface area contributed by atoms with E-state index in [1.165, 1.54) is 0 Å². The van der Waals surface area contributed by atoms with Crippen LogP contribution in [0.4, 0.5) is 28.9 Å². The molecule has 2 aromatic heterocycles. The summed E-state index contributed by atoms with van der Waals surface area (Å²) in [5.41, 5.74) is 2.59. The van der Waals surface area contributed by atoms with Crippen molar-refractivity contribution in [2.75, 3.05) is 76.5 Å². The minimum atomic E-state index is -4.74. The van der Waals surface area contributed by atoms with Crippen molar-refractivity contribution < 1.29 is 36.6 Å². The zero-order chi connectivity index (χ0) is 41.1. The van der Waals surface area contributed by atoms with E-state index < -0.39 is 25.6 Å². The molecule has 1 saturated heterocycles. The van der Waals surface area contributed by atoms with Crippen molar-refractivity contribution in [3.05, 3.63) is 59.9 Å². The smallest absolute Gasteiger partial charge is 0.416 e. The number of fused-ring (bicyclic) bond motifs is 1. The van der Waals surface area contributed by atoms with Gasteiger partial charge in [0, 0.05) is 83.8 Å². The Balaban J connectivity index is 1.41. The maximum atomic E-state index is 14.8. The summed E-state index contributed by atoms with van der Waals surface area (Å²) >= 11 is 0. The lowest BCUT2D eigenvalue weighted by Gasteiger charge is -2.44. The van der Waals surface area contributed by atoms with Gasteiger partial charge in [0.05, 0.1) is 30.2 Å². The molecule has 57 heavy (non-hydrogen) atoms. The molecule has 1 aliphatic carbocycles. The van der Waals surface area contributed by atoms with Crippen LogP contribution in [-0.4, -0.2) is 106 Å². The number of carbonyl (C=O) groups is 1. The molecule has 2 fully saturated rings. The van der Waals surface area contributed by atoms with Crippen molar-refractivity contribution in [3.63, 3.8) is 0 Å². The number of alkyl halides is 3. The van der Waals surface area contributed by atoms with E-state index in [1.807, 2.05) is 37.6 Å². The van der Waals surface area contributed by atoms with Crippen LogP contribution in [0, 0.1) is 11.2 Å². The Bertz CT molecular complexity index is 2010. The minimum absolute atomic E-state index is 0.0118. The molecule has 2 aliphatic rings. The van der Waals surface area contributed by atoms with Crippen LogP contribution >= 0.6 is 0 Å². The molecule has 4 aromatic rings. The van der Waals surface area contributed by atoms with E-state index in [-0.39, 0.29) is 35.4 Å². The second kappa shape index (κ2) is 17.4. The number of anilines is 2. The van der Waals surface area contributed by atoms with Gasteiger partial charge in [0.1, 0.15) is 29.9 Å². The van der Waals surface area contributed by atoms with Gasteiger partial charge in [-0.25, -0.2) is 14.4 Å². The number of methoxy groups -OCH3 is 1. The normalized spacial score (nSPS) is 16.8. The quantitative estimate of drug-likeness (QED) is 0.0479. The molecule has 0 amide bonds. The van der Waals surface area contributed by atoms with E-state index in [9.17, 15) is 22.4 Å². The fourth-order valence-corrected chi connectivity index (χ4v) is 8.61. The maximum absolute atomic E-state index is 14.8. The number of pyridine rings is 1. The Morgan fingerprint density at radius 2 is 1.70 bits per heavy atom. The van der Waals surface area contributed by atoms with Crippen molar-refractivity contribution in [1.29, 1.82) is 0 Å². The first-order valence-electron chi connectivity index (χ1n) is 19.8. The van der Waals surface area contributed by atoms with Gasteiger partial charge < -0.3 is 24.0 Å². The highest BCUT2D eigenvalue weighted by Gasteiger charge is 2.39. The average molecular weight is 813 g/mol. The number of aromatic nitrogens is 3. The molecule has 0 N–H and O–H groups in total. The predicted octanol–water partition coefficient (Wildman–Crippen LogP) is 8.56. The predicted molar refractivity (Wildman–Crippen MR) is 219 cm³/mol. The van der Waals surface area contributed by atoms with Gasteiger partial charge in [-0.1, -0.05) is 26.1 Å². The first-order chi connectivity index (χ1) is 27.0. The van der Waals surface area contributed by atoms with Crippen molar-refractivity contribution in [2.24, 2.45) is 5.41 Å². The van der Waals surface area contributed by atoms with Crippen molar-refractivity contribution in [2.45, 2.75) is 77.7 Å². The van der Waals surface area contributed by atoms with E-state index >= 15 is 0 Å². The molecule has 6 rings (SSSR count). The number of hydrogen-bond donors (Lipinski definition) is 0. The van der Waals surface area contributed by atoms with E-state index in [0.717, 1.165) is 74.9 Å². The maximum Gasteiger partial charge on any atom is 0.416 e. The Hall–Kier alpha value is -4.05. The zero-order valence-corrected chi connectivity index (χ0v) is 35.2. The molecule has 1 saturated carbocycles. The van der Waals surface area contributed by atoms with Crippen LogP contribution in [0.3, 0.4) is 0 Å². The minimum Gasteiger partial charge on any atom is -0.465 e. The molecule has 1 atom stereocenters. The van der Waals surface area contributed by atoms with Crippen molar-refractivity contribution in [3.8, 4) is 22.6 Å². The number of halogens is 4. The van der Waals surface area contributed by atoms with Gasteiger partial charge in [-0.15, -0.1) is 0 Å². The zero-order valence-electron chi connectivity index (χ0n) is 34.2. The monoisotopic (exact) mass is 812 g/mol. The Morgan fingerprint density at radius 3 is 2.30 bits per heavy atom. The molecule has 3 heterocycles. The van der Waals surface area contributed by atoms with E-state index in [0.29, 0.717) is 55.1 Å². The number of hydrogen-bond acceptors (Lipinski definition) is 9. The highest BCUT2D eigenvalue weighted by atomic mass is 28.3. The fourth-order valence-electron chi connectivity index (χ4n) is 7.86. The van der Waals surface area contributed by atoms with Gasteiger partial charge in [0.25, 0.3) is 0 Å². The molecule has 10 nitrogen and oxygen atoms in total. The lowest BCUT2D eigenvalue weighted by Crippen LogP contribution is -2.52. The number of piperazine rings is 1. The van der Waals surface area contributed by atoms with Gasteiger partial charge in [-0.3, -0.25) is 14.3 Å². The number of carbonyl (C=O) groups excluding carboxylic acids is 1. The molecule has 2 aromatic carbocycles. The number of esters is 1.